The van der Waals surface area contributed by atoms with Gasteiger partial charge in [0.2, 0.25) is 5.91 Å². The fourth-order valence-electron chi connectivity index (χ4n) is 4.02. The van der Waals surface area contributed by atoms with Crippen LogP contribution in [0.15, 0.2) is 46.8 Å². The molecule has 0 bridgehead atoms. The summed E-state index contributed by atoms with van der Waals surface area (Å²) in [6.07, 6.45) is 3.18. The van der Waals surface area contributed by atoms with Gasteiger partial charge in [-0.1, -0.05) is 30.3 Å². The number of nitrogens with zero attached hydrogens (tertiary/aromatic N) is 2. The van der Waals surface area contributed by atoms with Crippen molar-refractivity contribution in [2.24, 2.45) is 10.9 Å². The van der Waals surface area contributed by atoms with E-state index in [4.69, 9.17) is 4.99 Å². The van der Waals surface area contributed by atoms with Crippen LogP contribution >= 0.6 is 11.3 Å². The van der Waals surface area contributed by atoms with Crippen molar-refractivity contribution in [3.05, 3.63) is 57.8 Å². The zero-order chi connectivity index (χ0) is 21.5. The molecule has 1 atom stereocenters. The van der Waals surface area contributed by atoms with Crippen molar-refractivity contribution in [2.45, 2.75) is 38.8 Å². The van der Waals surface area contributed by atoms with Crippen LogP contribution < -0.4 is 16.0 Å². The fraction of sp³-hybridized carbons (Fsp3) is 0.500. The predicted octanol–water partition coefficient (Wildman–Crippen LogP) is 2.93. The highest BCUT2D eigenvalue weighted by Crippen LogP contribution is 2.30. The van der Waals surface area contributed by atoms with Gasteiger partial charge in [-0.25, -0.2) is 0 Å². The Labute approximate surface area is 189 Å². The molecule has 1 aliphatic carbocycles. The maximum absolute atomic E-state index is 11.8. The molecule has 0 radical (unpaired) electrons. The highest BCUT2D eigenvalue weighted by Gasteiger charge is 2.29. The van der Waals surface area contributed by atoms with E-state index in [-0.39, 0.29) is 17.9 Å². The average molecular weight is 440 g/mol. The minimum absolute atomic E-state index is 0.186. The van der Waals surface area contributed by atoms with E-state index in [0.29, 0.717) is 19.6 Å². The molecule has 3 N–H and O–H groups in total. The number of benzene rings is 1. The molecule has 1 fully saturated rings. The number of rotatable bonds is 9. The average Bonchev–Trinajstić information content (AvgIpc) is 3.55. The Kier molecular flexibility index (Phi) is 7.59. The lowest BCUT2D eigenvalue weighted by atomic mass is 10.0. The number of amides is 1. The minimum atomic E-state index is 0.186. The molecular formula is C24H33N5OS. The second kappa shape index (κ2) is 10.8. The monoisotopic (exact) mass is 439 g/mol. The Balaban J connectivity index is 1.39. The quantitative estimate of drug-likeness (QED) is 0.319. The molecule has 7 heteroatoms. The molecule has 4 rings (SSSR count). The van der Waals surface area contributed by atoms with Gasteiger partial charge in [-0.3, -0.25) is 14.7 Å². The van der Waals surface area contributed by atoms with Crippen LogP contribution in [0.2, 0.25) is 0 Å². The molecule has 31 heavy (non-hydrogen) atoms. The zero-order valence-corrected chi connectivity index (χ0v) is 19.1. The lowest BCUT2D eigenvalue weighted by Crippen LogP contribution is -2.42. The number of guanidine groups is 1. The summed E-state index contributed by atoms with van der Waals surface area (Å²) in [5, 5.41) is 11.9. The van der Waals surface area contributed by atoms with E-state index >= 15 is 0 Å². The summed E-state index contributed by atoms with van der Waals surface area (Å²) in [5.41, 5.74) is 2.76. The summed E-state index contributed by atoms with van der Waals surface area (Å²) >= 11 is 1.87. The number of aliphatic imine (C=N–C) groups is 1. The standard InChI is InChI=1S/C24H33N5OS/c1-2-25-24(27-13-12-26-23(30)19-8-9-19)28-16-21(18-6-4-3-5-7-18)29-14-10-22-20(17-29)11-15-31-22/h3-7,11,15,19,21H,2,8-10,12-14,16-17H2,1H3,(H,26,30)(H2,25,27,28). The summed E-state index contributed by atoms with van der Waals surface area (Å²) in [4.78, 5) is 20.8. The second-order valence-electron chi connectivity index (χ2n) is 8.23. The van der Waals surface area contributed by atoms with Crippen molar-refractivity contribution >= 4 is 23.2 Å². The third kappa shape index (κ3) is 6.08. The van der Waals surface area contributed by atoms with E-state index in [1.165, 1.54) is 16.0 Å². The zero-order valence-electron chi connectivity index (χ0n) is 18.3. The van der Waals surface area contributed by atoms with Gasteiger partial charge in [0.15, 0.2) is 5.96 Å². The first-order valence-corrected chi connectivity index (χ1v) is 12.3. The number of hydrogen-bond donors (Lipinski definition) is 3. The lowest BCUT2D eigenvalue weighted by molar-refractivity contribution is -0.122. The van der Waals surface area contributed by atoms with Gasteiger partial charge in [-0.05, 0) is 48.8 Å². The molecule has 166 valence electrons. The summed E-state index contributed by atoms with van der Waals surface area (Å²) in [7, 11) is 0. The van der Waals surface area contributed by atoms with Crippen LogP contribution in [0, 0.1) is 5.92 Å². The molecule has 6 nitrogen and oxygen atoms in total. The Morgan fingerprint density at radius 3 is 2.74 bits per heavy atom. The van der Waals surface area contributed by atoms with Gasteiger partial charge >= 0.3 is 0 Å². The van der Waals surface area contributed by atoms with Gasteiger partial charge in [0, 0.05) is 43.5 Å². The Hall–Kier alpha value is -2.38. The molecule has 2 aromatic rings. The normalized spacial score (nSPS) is 17.6. The van der Waals surface area contributed by atoms with E-state index in [0.717, 1.165) is 44.9 Å². The van der Waals surface area contributed by atoms with E-state index < -0.39 is 0 Å². The van der Waals surface area contributed by atoms with Crippen molar-refractivity contribution in [3.8, 4) is 0 Å². The number of nitrogens with one attached hydrogen (secondary N) is 3. The molecule has 2 aliphatic rings. The van der Waals surface area contributed by atoms with Gasteiger partial charge in [-0.2, -0.15) is 0 Å². The van der Waals surface area contributed by atoms with Crippen molar-refractivity contribution in [3.63, 3.8) is 0 Å². The van der Waals surface area contributed by atoms with Gasteiger partial charge in [-0.15, -0.1) is 11.3 Å². The molecule has 1 aromatic carbocycles. The number of fused-ring (bicyclic) bond motifs is 1. The van der Waals surface area contributed by atoms with Crippen molar-refractivity contribution in [2.75, 3.05) is 32.7 Å². The van der Waals surface area contributed by atoms with E-state index in [1.54, 1.807) is 0 Å². The molecule has 1 aliphatic heterocycles. The maximum atomic E-state index is 11.8. The molecule has 0 spiro atoms. The first kappa shape index (κ1) is 21.8. The smallest absolute Gasteiger partial charge is 0.223 e. The molecule has 1 saturated carbocycles. The number of hydrogen-bond acceptors (Lipinski definition) is 4. The summed E-state index contributed by atoms with van der Waals surface area (Å²) in [6, 6.07) is 13.2. The minimum Gasteiger partial charge on any atom is -0.357 e. The van der Waals surface area contributed by atoms with Gasteiger partial charge in [0.1, 0.15) is 0 Å². The third-order valence-electron chi connectivity index (χ3n) is 5.89. The lowest BCUT2D eigenvalue weighted by Gasteiger charge is -2.34. The fourth-order valence-corrected chi connectivity index (χ4v) is 4.91. The van der Waals surface area contributed by atoms with Crippen LogP contribution in [-0.2, 0) is 17.8 Å². The van der Waals surface area contributed by atoms with Crippen LogP contribution in [0.25, 0.3) is 0 Å². The van der Waals surface area contributed by atoms with Crippen molar-refractivity contribution < 1.29 is 4.79 Å². The van der Waals surface area contributed by atoms with Crippen LogP contribution in [0.1, 0.15) is 41.8 Å². The second-order valence-corrected chi connectivity index (χ2v) is 9.23. The molecule has 1 unspecified atom stereocenters. The molecular weight excluding hydrogens is 406 g/mol. The van der Waals surface area contributed by atoms with Gasteiger partial charge in [0.25, 0.3) is 0 Å². The molecule has 0 saturated heterocycles. The highest BCUT2D eigenvalue weighted by molar-refractivity contribution is 7.10. The Morgan fingerprint density at radius 2 is 1.97 bits per heavy atom. The molecule has 1 aromatic heterocycles. The van der Waals surface area contributed by atoms with Crippen LogP contribution in [-0.4, -0.2) is 49.5 Å². The SMILES string of the molecule is CCNC(=NCC(c1ccccc1)N1CCc2sccc2C1)NCCNC(=O)C1CC1. The number of carbonyl (C=O) groups is 1. The Morgan fingerprint density at radius 1 is 1.16 bits per heavy atom. The van der Waals surface area contributed by atoms with Gasteiger partial charge < -0.3 is 16.0 Å². The van der Waals surface area contributed by atoms with Crippen LogP contribution in [0.5, 0.6) is 0 Å². The van der Waals surface area contributed by atoms with E-state index in [9.17, 15) is 4.79 Å². The third-order valence-corrected chi connectivity index (χ3v) is 6.92. The highest BCUT2D eigenvalue weighted by atomic mass is 32.1. The van der Waals surface area contributed by atoms with Gasteiger partial charge in [0.05, 0.1) is 12.6 Å². The molecule has 2 heterocycles. The van der Waals surface area contributed by atoms with Crippen LogP contribution in [0.4, 0.5) is 0 Å². The van der Waals surface area contributed by atoms with E-state index in [2.05, 4.69) is 69.6 Å². The maximum Gasteiger partial charge on any atom is 0.223 e. The topological polar surface area (TPSA) is 68.8 Å². The van der Waals surface area contributed by atoms with Crippen LogP contribution in [0.3, 0.4) is 0 Å². The predicted molar refractivity (Wildman–Crippen MR) is 127 cm³/mol. The number of thiophene rings is 1. The van der Waals surface area contributed by atoms with E-state index in [1.807, 2.05) is 11.3 Å². The summed E-state index contributed by atoms with van der Waals surface area (Å²) in [6.45, 7) is 6.89. The van der Waals surface area contributed by atoms with Crippen molar-refractivity contribution in [1.82, 2.24) is 20.9 Å². The van der Waals surface area contributed by atoms with Crippen molar-refractivity contribution in [1.29, 1.82) is 0 Å². The molecule has 1 amide bonds. The summed E-state index contributed by atoms with van der Waals surface area (Å²) in [5.74, 6) is 1.24. The number of carbonyl (C=O) groups excluding carboxylic acids is 1. The first-order chi connectivity index (χ1) is 15.2. The largest absolute Gasteiger partial charge is 0.357 e. The summed E-state index contributed by atoms with van der Waals surface area (Å²) < 4.78 is 0. The first-order valence-electron chi connectivity index (χ1n) is 11.4. The Bertz CT molecular complexity index is 877.